The zero-order valence-corrected chi connectivity index (χ0v) is 11.8. The molecular formula is C13H12BrN3O2. The molecule has 0 saturated carbocycles. The van der Waals surface area contributed by atoms with Crippen LogP contribution in [-0.4, -0.2) is 18.0 Å². The van der Waals surface area contributed by atoms with E-state index in [-0.39, 0.29) is 5.91 Å². The Balaban J connectivity index is 2.20. The number of hydrogen-bond acceptors (Lipinski definition) is 4. The molecule has 0 radical (unpaired) electrons. The molecule has 5 nitrogen and oxygen atoms in total. The summed E-state index contributed by atoms with van der Waals surface area (Å²) in [7, 11) is 1.55. The van der Waals surface area contributed by atoms with Crippen molar-refractivity contribution >= 4 is 33.3 Å². The Bertz CT molecular complexity index is 617. The number of aromatic nitrogens is 1. The lowest BCUT2D eigenvalue weighted by Gasteiger charge is -2.08. The van der Waals surface area contributed by atoms with Gasteiger partial charge in [-0.05, 0) is 40.2 Å². The van der Waals surface area contributed by atoms with Gasteiger partial charge in [-0.1, -0.05) is 6.07 Å². The Kier molecular flexibility index (Phi) is 4.01. The van der Waals surface area contributed by atoms with Gasteiger partial charge < -0.3 is 15.8 Å². The summed E-state index contributed by atoms with van der Waals surface area (Å²) in [6.45, 7) is 0. The van der Waals surface area contributed by atoms with Crippen LogP contribution in [0.2, 0.25) is 0 Å². The molecule has 0 bridgehead atoms. The summed E-state index contributed by atoms with van der Waals surface area (Å²) in [5.41, 5.74) is 6.60. The van der Waals surface area contributed by atoms with Gasteiger partial charge in [-0.25, -0.2) is 4.98 Å². The Morgan fingerprint density at radius 1 is 1.42 bits per heavy atom. The quantitative estimate of drug-likeness (QED) is 0.911. The number of anilines is 2. The minimum atomic E-state index is -0.267. The summed E-state index contributed by atoms with van der Waals surface area (Å²) in [6.07, 6.45) is 1.48. The molecule has 0 saturated heterocycles. The van der Waals surface area contributed by atoms with E-state index in [0.29, 0.717) is 27.3 Å². The zero-order chi connectivity index (χ0) is 13.8. The lowest BCUT2D eigenvalue weighted by Crippen LogP contribution is -2.13. The number of carbonyl (C=O) groups is 1. The number of amides is 1. The number of ether oxygens (including phenoxy) is 1. The number of pyridine rings is 1. The van der Waals surface area contributed by atoms with Crippen molar-refractivity contribution in [1.29, 1.82) is 0 Å². The van der Waals surface area contributed by atoms with Crippen LogP contribution in [-0.2, 0) is 0 Å². The fraction of sp³-hybridized carbons (Fsp3) is 0.0769. The number of nitrogens with zero attached hydrogens (tertiary/aromatic N) is 1. The number of hydrogen-bond donors (Lipinski definition) is 2. The third kappa shape index (κ3) is 3.23. The maximum absolute atomic E-state index is 12.1. The lowest BCUT2D eigenvalue weighted by molar-refractivity contribution is 0.102. The number of benzene rings is 1. The molecule has 1 heterocycles. The third-order valence-electron chi connectivity index (χ3n) is 2.43. The molecular weight excluding hydrogens is 310 g/mol. The monoisotopic (exact) mass is 321 g/mol. The average molecular weight is 322 g/mol. The molecule has 2 rings (SSSR count). The van der Waals surface area contributed by atoms with E-state index in [1.54, 1.807) is 37.4 Å². The highest BCUT2D eigenvalue weighted by atomic mass is 79.9. The fourth-order valence-electron chi connectivity index (χ4n) is 1.49. The maximum atomic E-state index is 12.1. The van der Waals surface area contributed by atoms with Crippen molar-refractivity contribution < 1.29 is 9.53 Å². The molecule has 19 heavy (non-hydrogen) atoms. The van der Waals surface area contributed by atoms with Gasteiger partial charge in [-0.3, -0.25) is 4.79 Å². The number of nitrogens with one attached hydrogen (secondary N) is 1. The number of methoxy groups -OCH3 is 1. The standard InChI is InChI=1S/C13H12BrN3O2/c1-19-10-4-2-3-8(5-10)13(18)17-12-11(14)6-9(15)7-16-12/h2-7H,15H2,1H3,(H,16,17,18). The number of nitrogens with two attached hydrogens (primary N) is 1. The first-order chi connectivity index (χ1) is 9.10. The van der Waals surface area contributed by atoms with E-state index in [1.807, 2.05) is 0 Å². The smallest absolute Gasteiger partial charge is 0.256 e. The second-order valence-corrected chi connectivity index (χ2v) is 4.64. The van der Waals surface area contributed by atoms with Crippen molar-refractivity contribution in [2.75, 3.05) is 18.2 Å². The van der Waals surface area contributed by atoms with Gasteiger partial charge in [0.15, 0.2) is 0 Å². The third-order valence-corrected chi connectivity index (χ3v) is 3.03. The van der Waals surface area contributed by atoms with Gasteiger partial charge in [-0.2, -0.15) is 0 Å². The van der Waals surface area contributed by atoms with Crippen molar-refractivity contribution in [2.45, 2.75) is 0 Å². The second kappa shape index (κ2) is 5.71. The Hall–Kier alpha value is -2.08. The molecule has 1 aromatic carbocycles. The highest BCUT2D eigenvalue weighted by molar-refractivity contribution is 9.10. The predicted molar refractivity (Wildman–Crippen MR) is 77.3 cm³/mol. The van der Waals surface area contributed by atoms with Crippen LogP contribution in [0, 0.1) is 0 Å². The zero-order valence-electron chi connectivity index (χ0n) is 10.2. The van der Waals surface area contributed by atoms with E-state index in [2.05, 4.69) is 26.2 Å². The molecule has 1 amide bonds. The number of halogens is 1. The molecule has 98 valence electrons. The predicted octanol–water partition coefficient (Wildman–Crippen LogP) is 2.69. The van der Waals surface area contributed by atoms with Gasteiger partial charge >= 0.3 is 0 Å². The van der Waals surface area contributed by atoms with Gasteiger partial charge in [0.2, 0.25) is 0 Å². The molecule has 0 aliphatic heterocycles. The first-order valence-electron chi connectivity index (χ1n) is 5.46. The van der Waals surface area contributed by atoms with Crippen molar-refractivity contribution in [3.05, 3.63) is 46.6 Å². The van der Waals surface area contributed by atoms with Gasteiger partial charge in [0.05, 0.1) is 23.5 Å². The fourth-order valence-corrected chi connectivity index (χ4v) is 1.95. The van der Waals surface area contributed by atoms with E-state index < -0.39 is 0 Å². The highest BCUT2D eigenvalue weighted by Gasteiger charge is 2.10. The molecule has 3 N–H and O–H groups in total. The first-order valence-corrected chi connectivity index (χ1v) is 6.26. The van der Waals surface area contributed by atoms with Crippen LogP contribution in [0.25, 0.3) is 0 Å². The molecule has 2 aromatic rings. The topological polar surface area (TPSA) is 77.2 Å². The van der Waals surface area contributed by atoms with Crippen LogP contribution in [0.1, 0.15) is 10.4 Å². The first kappa shape index (κ1) is 13.4. The van der Waals surface area contributed by atoms with E-state index >= 15 is 0 Å². The maximum Gasteiger partial charge on any atom is 0.256 e. The SMILES string of the molecule is COc1cccc(C(=O)Nc2ncc(N)cc2Br)c1. The molecule has 6 heteroatoms. The minimum absolute atomic E-state index is 0.267. The summed E-state index contributed by atoms with van der Waals surface area (Å²) < 4.78 is 5.70. The Labute approximate surface area is 118 Å². The van der Waals surface area contributed by atoms with Crippen molar-refractivity contribution in [1.82, 2.24) is 4.98 Å². The van der Waals surface area contributed by atoms with Crippen LogP contribution in [0.15, 0.2) is 41.0 Å². The van der Waals surface area contributed by atoms with Crippen LogP contribution in [0.5, 0.6) is 5.75 Å². The van der Waals surface area contributed by atoms with Gasteiger partial charge in [0, 0.05) is 5.56 Å². The highest BCUT2D eigenvalue weighted by Crippen LogP contribution is 2.22. The summed E-state index contributed by atoms with van der Waals surface area (Å²) in [5, 5.41) is 2.70. The molecule has 0 aliphatic rings. The van der Waals surface area contributed by atoms with Gasteiger partial charge in [-0.15, -0.1) is 0 Å². The number of carbonyl (C=O) groups excluding carboxylic acids is 1. The lowest BCUT2D eigenvalue weighted by atomic mass is 10.2. The molecule has 0 fully saturated rings. The Morgan fingerprint density at radius 2 is 2.21 bits per heavy atom. The van der Waals surface area contributed by atoms with E-state index in [4.69, 9.17) is 10.5 Å². The number of nitrogen functional groups attached to an aromatic ring is 1. The Morgan fingerprint density at radius 3 is 2.89 bits per heavy atom. The summed E-state index contributed by atoms with van der Waals surface area (Å²) in [5.74, 6) is 0.774. The van der Waals surface area contributed by atoms with Crippen molar-refractivity contribution in [3.63, 3.8) is 0 Å². The summed E-state index contributed by atoms with van der Waals surface area (Å²) >= 11 is 3.29. The molecule has 0 spiro atoms. The number of rotatable bonds is 3. The van der Waals surface area contributed by atoms with Crippen molar-refractivity contribution in [3.8, 4) is 5.75 Å². The summed E-state index contributed by atoms with van der Waals surface area (Å²) in [4.78, 5) is 16.1. The van der Waals surface area contributed by atoms with Gasteiger partial charge in [0.25, 0.3) is 5.91 Å². The average Bonchev–Trinajstić information content (AvgIpc) is 2.42. The molecule has 0 atom stereocenters. The van der Waals surface area contributed by atoms with E-state index in [1.165, 1.54) is 6.20 Å². The molecule has 0 unspecified atom stereocenters. The van der Waals surface area contributed by atoms with E-state index in [0.717, 1.165) is 0 Å². The van der Waals surface area contributed by atoms with Gasteiger partial charge in [0.1, 0.15) is 11.6 Å². The molecule has 1 aromatic heterocycles. The minimum Gasteiger partial charge on any atom is -0.497 e. The van der Waals surface area contributed by atoms with Crippen LogP contribution in [0.4, 0.5) is 11.5 Å². The van der Waals surface area contributed by atoms with Crippen LogP contribution >= 0.6 is 15.9 Å². The largest absolute Gasteiger partial charge is 0.497 e. The molecule has 0 aliphatic carbocycles. The summed E-state index contributed by atoms with van der Waals surface area (Å²) in [6, 6.07) is 8.55. The normalized spacial score (nSPS) is 10.0. The van der Waals surface area contributed by atoms with Crippen molar-refractivity contribution in [2.24, 2.45) is 0 Å². The van der Waals surface area contributed by atoms with E-state index in [9.17, 15) is 4.79 Å². The second-order valence-electron chi connectivity index (χ2n) is 3.79. The van der Waals surface area contributed by atoms with Crippen LogP contribution in [0.3, 0.4) is 0 Å². The van der Waals surface area contributed by atoms with Crippen LogP contribution < -0.4 is 15.8 Å².